The Morgan fingerprint density at radius 1 is 1.30 bits per heavy atom. The number of fused-ring (bicyclic) bond motifs is 2. The molecular formula is C10H16. The van der Waals surface area contributed by atoms with Crippen molar-refractivity contribution in [3.8, 4) is 0 Å². The summed E-state index contributed by atoms with van der Waals surface area (Å²) >= 11 is 0. The molecule has 2 fully saturated rings. The van der Waals surface area contributed by atoms with Gasteiger partial charge in [0.1, 0.15) is 0 Å². The van der Waals surface area contributed by atoms with Crippen molar-refractivity contribution in [2.45, 2.75) is 40.0 Å². The minimum atomic E-state index is 0.456. The Bertz CT molecular complexity index is 145. The van der Waals surface area contributed by atoms with Gasteiger partial charge in [-0.25, -0.2) is 0 Å². The zero-order chi connectivity index (χ0) is 7.41. The second-order valence-corrected chi connectivity index (χ2v) is 4.67. The fourth-order valence-electron chi connectivity index (χ4n) is 2.62. The monoisotopic (exact) mass is 136 g/mol. The first-order valence-corrected chi connectivity index (χ1v) is 4.31. The normalized spacial score (nSPS) is 50.1. The highest BCUT2D eigenvalue weighted by Gasteiger charge is 2.56. The molecule has 2 unspecified atom stereocenters. The predicted octanol–water partition coefficient (Wildman–Crippen LogP) is 2.91. The Hall–Kier alpha value is 0. The van der Waals surface area contributed by atoms with Crippen LogP contribution in [0.2, 0.25) is 0 Å². The molecule has 0 spiro atoms. The molecule has 0 heteroatoms. The van der Waals surface area contributed by atoms with E-state index in [4.69, 9.17) is 0 Å². The quantitative estimate of drug-likeness (QED) is 0.480. The summed E-state index contributed by atoms with van der Waals surface area (Å²) in [7, 11) is 0. The van der Waals surface area contributed by atoms with Gasteiger partial charge in [-0.15, -0.1) is 0 Å². The standard InChI is InChI=1S/C10H16/c1-9(2)8-4-6-10(9,3)7-5-8/h8H,4-6H2,1-3H3. The summed E-state index contributed by atoms with van der Waals surface area (Å²) in [6.45, 7) is 7.19. The molecule has 2 aliphatic carbocycles. The van der Waals surface area contributed by atoms with Crippen LogP contribution in [0.25, 0.3) is 0 Å². The number of hydrogen-bond acceptors (Lipinski definition) is 0. The molecule has 2 bridgehead atoms. The number of rotatable bonds is 0. The Kier molecular flexibility index (Phi) is 1.07. The van der Waals surface area contributed by atoms with E-state index in [0.29, 0.717) is 10.8 Å². The summed E-state index contributed by atoms with van der Waals surface area (Å²) in [5, 5.41) is 0. The van der Waals surface area contributed by atoms with Crippen molar-refractivity contribution in [3.63, 3.8) is 0 Å². The van der Waals surface area contributed by atoms with Gasteiger partial charge < -0.3 is 0 Å². The van der Waals surface area contributed by atoms with Crippen LogP contribution in [0.15, 0.2) is 0 Å². The van der Waals surface area contributed by atoms with Gasteiger partial charge >= 0.3 is 0 Å². The molecule has 0 aromatic rings. The summed E-state index contributed by atoms with van der Waals surface area (Å²) < 4.78 is 0. The average molecular weight is 136 g/mol. The van der Waals surface area contributed by atoms with Gasteiger partial charge in [-0.2, -0.15) is 0 Å². The van der Waals surface area contributed by atoms with Gasteiger partial charge in [0.25, 0.3) is 0 Å². The number of hydrogen-bond donors (Lipinski definition) is 0. The van der Waals surface area contributed by atoms with E-state index in [1.54, 1.807) is 0 Å². The molecule has 2 radical (unpaired) electrons. The molecule has 0 aliphatic heterocycles. The zero-order valence-electron chi connectivity index (χ0n) is 7.20. The summed E-state index contributed by atoms with van der Waals surface area (Å²) in [6.07, 6.45) is 7.70. The molecule has 10 heavy (non-hydrogen) atoms. The Morgan fingerprint density at radius 2 is 2.00 bits per heavy atom. The van der Waals surface area contributed by atoms with Crippen LogP contribution < -0.4 is 0 Å². The van der Waals surface area contributed by atoms with Gasteiger partial charge in [0.05, 0.1) is 0 Å². The highest BCUT2D eigenvalue weighted by molar-refractivity contribution is 5.14. The maximum absolute atomic E-state index is 3.62. The van der Waals surface area contributed by atoms with Crippen LogP contribution in [0.3, 0.4) is 0 Å². The van der Waals surface area contributed by atoms with Crippen LogP contribution in [0, 0.1) is 23.2 Å². The van der Waals surface area contributed by atoms with Gasteiger partial charge in [-0.3, -0.25) is 0 Å². The Morgan fingerprint density at radius 3 is 2.10 bits per heavy atom. The van der Waals surface area contributed by atoms with Crippen molar-refractivity contribution >= 4 is 0 Å². The molecule has 2 aliphatic rings. The van der Waals surface area contributed by atoms with Crippen molar-refractivity contribution in [3.05, 3.63) is 6.42 Å². The minimum Gasteiger partial charge on any atom is -0.0591 e. The average Bonchev–Trinajstić information content (AvgIpc) is 2.18. The molecule has 0 N–H and O–H groups in total. The van der Waals surface area contributed by atoms with E-state index in [1.807, 2.05) is 0 Å². The van der Waals surface area contributed by atoms with Crippen molar-refractivity contribution in [2.75, 3.05) is 0 Å². The van der Waals surface area contributed by atoms with Crippen molar-refractivity contribution in [1.29, 1.82) is 0 Å². The Labute approximate surface area is 64.0 Å². The second-order valence-electron chi connectivity index (χ2n) is 4.67. The van der Waals surface area contributed by atoms with Crippen molar-refractivity contribution in [2.24, 2.45) is 16.7 Å². The van der Waals surface area contributed by atoms with Crippen LogP contribution in [-0.4, -0.2) is 0 Å². The first kappa shape index (κ1) is 6.69. The lowest BCUT2D eigenvalue weighted by molar-refractivity contribution is 0.177. The highest BCUT2D eigenvalue weighted by atomic mass is 14.6. The lowest BCUT2D eigenvalue weighted by Crippen LogP contribution is -2.26. The van der Waals surface area contributed by atoms with Gasteiger partial charge in [-0.1, -0.05) is 20.8 Å². The summed E-state index contributed by atoms with van der Waals surface area (Å²) in [5.41, 5.74) is 1.00. The van der Waals surface area contributed by atoms with Crippen LogP contribution in [0.4, 0.5) is 0 Å². The maximum Gasteiger partial charge on any atom is -0.0100 e. The van der Waals surface area contributed by atoms with E-state index in [2.05, 4.69) is 27.2 Å². The van der Waals surface area contributed by atoms with E-state index in [-0.39, 0.29) is 0 Å². The third-order valence-electron chi connectivity index (χ3n) is 4.17. The highest BCUT2D eigenvalue weighted by Crippen LogP contribution is 2.64. The SMILES string of the molecule is CC12[C]CC(CC1)C2(C)C. The first-order chi connectivity index (χ1) is 4.56. The minimum absolute atomic E-state index is 0.456. The van der Waals surface area contributed by atoms with Crippen LogP contribution in [0.1, 0.15) is 40.0 Å². The summed E-state index contributed by atoms with van der Waals surface area (Å²) in [5.74, 6) is 0.942. The molecular weight excluding hydrogens is 120 g/mol. The van der Waals surface area contributed by atoms with Crippen LogP contribution in [-0.2, 0) is 0 Å². The Balaban J connectivity index is 2.37. The van der Waals surface area contributed by atoms with E-state index in [1.165, 1.54) is 19.3 Å². The maximum atomic E-state index is 3.62. The van der Waals surface area contributed by atoms with Gasteiger partial charge in [0.2, 0.25) is 0 Å². The topological polar surface area (TPSA) is 0 Å². The van der Waals surface area contributed by atoms with Gasteiger partial charge in [0, 0.05) is 0 Å². The van der Waals surface area contributed by atoms with E-state index in [9.17, 15) is 0 Å². The lowest BCUT2D eigenvalue weighted by Gasteiger charge is -2.33. The fraction of sp³-hybridized carbons (Fsp3) is 0.900. The zero-order valence-corrected chi connectivity index (χ0v) is 7.20. The largest absolute Gasteiger partial charge is 0.0591 e. The summed E-state index contributed by atoms with van der Waals surface area (Å²) in [6, 6.07) is 0. The van der Waals surface area contributed by atoms with Gasteiger partial charge in [0.15, 0.2) is 0 Å². The molecule has 2 atom stereocenters. The van der Waals surface area contributed by atoms with E-state index in [0.717, 1.165) is 5.92 Å². The molecule has 56 valence electrons. The van der Waals surface area contributed by atoms with E-state index >= 15 is 0 Å². The molecule has 0 aromatic carbocycles. The molecule has 0 saturated heterocycles. The smallest absolute Gasteiger partial charge is 0.0100 e. The van der Waals surface area contributed by atoms with Crippen molar-refractivity contribution in [1.82, 2.24) is 0 Å². The third kappa shape index (κ3) is 0.538. The molecule has 2 saturated carbocycles. The molecule has 0 nitrogen and oxygen atoms in total. The van der Waals surface area contributed by atoms with Crippen LogP contribution >= 0.6 is 0 Å². The van der Waals surface area contributed by atoms with E-state index < -0.39 is 0 Å². The molecule has 2 rings (SSSR count). The molecule has 0 aromatic heterocycles. The van der Waals surface area contributed by atoms with Gasteiger partial charge in [-0.05, 0) is 42.4 Å². The molecule has 0 heterocycles. The first-order valence-electron chi connectivity index (χ1n) is 4.31. The van der Waals surface area contributed by atoms with Crippen molar-refractivity contribution < 1.29 is 0 Å². The fourth-order valence-corrected chi connectivity index (χ4v) is 2.62. The van der Waals surface area contributed by atoms with Crippen LogP contribution in [0.5, 0.6) is 0 Å². The molecule has 0 amide bonds. The predicted molar refractivity (Wildman–Crippen MR) is 42.5 cm³/mol. The lowest BCUT2D eigenvalue weighted by atomic mass is 9.71. The third-order valence-corrected chi connectivity index (χ3v) is 4.17. The summed E-state index contributed by atoms with van der Waals surface area (Å²) in [4.78, 5) is 0. The second kappa shape index (κ2) is 1.60.